The minimum absolute atomic E-state index is 0.00362. The predicted octanol–water partition coefficient (Wildman–Crippen LogP) is 14.6. The summed E-state index contributed by atoms with van der Waals surface area (Å²) >= 11 is 49.4. The van der Waals surface area contributed by atoms with Crippen molar-refractivity contribution in [1.29, 1.82) is 0 Å². The van der Waals surface area contributed by atoms with Crippen molar-refractivity contribution < 1.29 is 28.3 Å². The van der Waals surface area contributed by atoms with Crippen molar-refractivity contribution in [2.75, 3.05) is 0 Å². The summed E-state index contributed by atoms with van der Waals surface area (Å²) in [6.07, 6.45) is 0. The number of halogens is 8. The molecule has 0 saturated heterocycles. The Hall–Kier alpha value is -3.22. The number of benzene rings is 6. The Labute approximate surface area is 374 Å². The molecule has 0 aliphatic carbocycles. The highest BCUT2D eigenvalue weighted by atomic mass is 35.5. The number of carbonyl (C=O) groups excluding carboxylic acids is 4. The van der Waals surface area contributed by atoms with E-state index in [9.17, 15) is 28.3 Å². The molecule has 0 heterocycles. The normalized spacial score (nSPS) is 11.3. The van der Waals surface area contributed by atoms with Crippen LogP contribution in [-0.2, 0) is 9.13 Å². The molecule has 6 nitrogen and oxygen atoms in total. The van der Waals surface area contributed by atoms with Crippen LogP contribution in [0.4, 0.5) is 0 Å². The molecule has 0 atom stereocenters. The Balaban J connectivity index is 0.000000221. The van der Waals surface area contributed by atoms with Crippen LogP contribution in [0.5, 0.6) is 0 Å². The molecule has 6 aromatic carbocycles. The van der Waals surface area contributed by atoms with Crippen LogP contribution in [0.25, 0.3) is 0 Å². The molecule has 0 unspecified atom stereocenters. The molecule has 0 N–H and O–H groups in total. The fourth-order valence-electron chi connectivity index (χ4n) is 5.77. The standard InChI is InChI=1S/C22H15Cl4O3P.C20H11Cl4O3P/c1-12-9-10-13(2)18(11-12)30(29,21(27)19-14(23)5-3-6-15(19)24)22(28)20-16(25)7-4-8-17(20)26;21-13-8-4-9-14(22)17(13)19(25)28(27,12-6-2-1-3-7-12)20(26)18-15(23)10-5-11-16(18)24/h3-11H,1-2H3;1-11H. The van der Waals surface area contributed by atoms with Crippen LogP contribution in [0, 0.1) is 13.8 Å². The first-order chi connectivity index (χ1) is 27.4. The molecular formula is C42H26Cl8O6P2. The topological polar surface area (TPSA) is 102 Å². The van der Waals surface area contributed by atoms with E-state index in [0.29, 0.717) is 5.56 Å². The highest BCUT2D eigenvalue weighted by Gasteiger charge is 2.47. The summed E-state index contributed by atoms with van der Waals surface area (Å²) in [5.41, 5.74) is -3.37. The molecule has 0 aliphatic heterocycles. The van der Waals surface area contributed by atoms with Crippen LogP contribution in [0.15, 0.2) is 121 Å². The van der Waals surface area contributed by atoms with Crippen LogP contribution < -0.4 is 10.6 Å². The van der Waals surface area contributed by atoms with Crippen molar-refractivity contribution in [1.82, 2.24) is 0 Å². The third-order valence-corrected chi connectivity index (χ3v) is 16.6. The van der Waals surface area contributed by atoms with Gasteiger partial charge < -0.3 is 9.13 Å². The van der Waals surface area contributed by atoms with Crippen LogP contribution in [0.3, 0.4) is 0 Å². The van der Waals surface area contributed by atoms with E-state index < -0.39 is 36.4 Å². The van der Waals surface area contributed by atoms with Crippen molar-refractivity contribution in [2.24, 2.45) is 0 Å². The number of carbonyl (C=O) groups is 4. The number of hydrogen-bond donors (Lipinski definition) is 0. The lowest BCUT2D eigenvalue weighted by Crippen LogP contribution is -2.23. The minimum Gasteiger partial charge on any atom is -0.302 e. The molecular weight excluding hydrogens is 946 g/mol. The third kappa shape index (κ3) is 8.94. The second kappa shape index (κ2) is 19.0. The van der Waals surface area contributed by atoms with Gasteiger partial charge >= 0.3 is 0 Å². The lowest BCUT2D eigenvalue weighted by molar-refractivity contribution is 0.102. The van der Waals surface area contributed by atoms with Gasteiger partial charge in [-0.1, -0.05) is 165 Å². The highest BCUT2D eigenvalue weighted by molar-refractivity contribution is 8.01. The zero-order chi connectivity index (χ0) is 42.7. The molecule has 0 fully saturated rings. The maximum atomic E-state index is 14.5. The van der Waals surface area contributed by atoms with E-state index in [2.05, 4.69) is 0 Å². The molecule has 296 valence electrons. The summed E-state index contributed by atoms with van der Waals surface area (Å²) < 4.78 is 28.6. The lowest BCUT2D eigenvalue weighted by Gasteiger charge is -2.21. The number of aryl methyl sites for hydroxylation is 2. The maximum Gasteiger partial charge on any atom is 0.249 e. The summed E-state index contributed by atoms with van der Waals surface area (Å²) in [4.78, 5) is 54.2. The number of rotatable bonds is 10. The Morgan fingerprint density at radius 2 is 0.672 bits per heavy atom. The SMILES string of the molecule is Cc1ccc(C)c(P(=O)(C(=O)c2c(Cl)cccc2Cl)C(=O)c2c(Cl)cccc2Cl)c1.O=C(c1c(Cl)cccc1Cl)P(=O)(C(=O)c1c(Cl)cccc1Cl)c1ccccc1. The molecule has 0 radical (unpaired) electrons. The van der Waals surface area contributed by atoms with E-state index in [-0.39, 0.29) is 73.0 Å². The largest absolute Gasteiger partial charge is 0.302 e. The van der Waals surface area contributed by atoms with Gasteiger partial charge in [0, 0.05) is 10.6 Å². The maximum absolute atomic E-state index is 14.5. The van der Waals surface area contributed by atoms with E-state index in [1.54, 1.807) is 74.5 Å². The van der Waals surface area contributed by atoms with Gasteiger partial charge in [-0.3, -0.25) is 19.2 Å². The van der Waals surface area contributed by atoms with Crippen molar-refractivity contribution in [2.45, 2.75) is 13.8 Å². The smallest absolute Gasteiger partial charge is 0.249 e. The Kier molecular flexibility index (Phi) is 15.0. The van der Waals surface area contributed by atoms with Gasteiger partial charge in [-0.2, -0.15) is 0 Å². The van der Waals surface area contributed by atoms with Gasteiger partial charge in [0.05, 0.1) is 62.4 Å². The molecule has 0 saturated carbocycles. The average molecular weight is 972 g/mol. The Bertz CT molecular complexity index is 2520. The average Bonchev–Trinajstić information content (AvgIpc) is 3.18. The molecule has 0 aromatic heterocycles. The van der Waals surface area contributed by atoms with Crippen molar-refractivity contribution in [3.8, 4) is 0 Å². The van der Waals surface area contributed by atoms with Crippen molar-refractivity contribution in [3.63, 3.8) is 0 Å². The van der Waals surface area contributed by atoms with Crippen LogP contribution in [-0.4, -0.2) is 22.1 Å². The predicted molar refractivity (Wildman–Crippen MR) is 240 cm³/mol. The second-order valence-electron chi connectivity index (χ2n) is 12.5. The number of hydrogen-bond acceptors (Lipinski definition) is 6. The van der Waals surface area contributed by atoms with E-state index in [1.807, 2.05) is 0 Å². The van der Waals surface area contributed by atoms with E-state index in [4.69, 9.17) is 92.8 Å². The summed E-state index contributed by atoms with van der Waals surface area (Å²) in [6.45, 7) is 3.44. The van der Waals surface area contributed by atoms with Gasteiger partial charge in [0.25, 0.3) is 0 Å². The summed E-state index contributed by atoms with van der Waals surface area (Å²) in [5, 5.41) is 0.0950. The van der Waals surface area contributed by atoms with Crippen molar-refractivity contribution >= 4 is 140 Å². The molecule has 58 heavy (non-hydrogen) atoms. The fraction of sp³-hybridized carbons (Fsp3) is 0.0476. The molecule has 6 rings (SSSR count). The van der Waals surface area contributed by atoms with E-state index in [1.165, 1.54) is 60.7 Å². The van der Waals surface area contributed by atoms with Gasteiger partial charge in [0.15, 0.2) is 0 Å². The van der Waals surface area contributed by atoms with Crippen LogP contribution in [0.2, 0.25) is 40.2 Å². The first-order valence-electron chi connectivity index (χ1n) is 16.7. The fourth-order valence-corrected chi connectivity index (χ4v) is 13.6. The zero-order valence-electron chi connectivity index (χ0n) is 29.9. The molecule has 0 spiro atoms. The van der Waals surface area contributed by atoms with Crippen molar-refractivity contribution in [3.05, 3.63) is 195 Å². The van der Waals surface area contributed by atoms with Crippen LogP contribution >= 0.6 is 107 Å². The lowest BCUT2D eigenvalue weighted by atomic mass is 10.2. The van der Waals surface area contributed by atoms with Crippen LogP contribution in [0.1, 0.15) is 52.6 Å². The molecule has 0 amide bonds. The molecule has 6 aromatic rings. The first kappa shape index (κ1) is 45.9. The Morgan fingerprint density at radius 1 is 0.379 bits per heavy atom. The van der Waals surface area contributed by atoms with Gasteiger partial charge in [-0.25, -0.2) is 0 Å². The minimum atomic E-state index is -4.49. The van der Waals surface area contributed by atoms with Gasteiger partial charge in [0.2, 0.25) is 36.4 Å². The molecule has 0 aliphatic rings. The van der Waals surface area contributed by atoms with E-state index >= 15 is 0 Å². The Morgan fingerprint density at radius 3 is 0.983 bits per heavy atom. The second-order valence-corrected chi connectivity index (χ2v) is 20.8. The summed E-state index contributed by atoms with van der Waals surface area (Å²) in [6, 6.07) is 30.5. The highest BCUT2D eigenvalue weighted by Crippen LogP contribution is 2.56. The van der Waals surface area contributed by atoms with Gasteiger partial charge in [-0.05, 0) is 74.0 Å². The summed E-state index contributed by atoms with van der Waals surface area (Å²) in [7, 11) is -8.91. The quantitative estimate of drug-likeness (QED) is 0.127. The van der Waals surface area contributed by atoms with Gasteiger partial charge in [0.1, 0.15) is 0 Å². The first-order valence-corrected chi connectivity index (χ1v) is 23.1. The molecule has 0 bridgehead atoms. The third-order valence-electron chi connectivity index (χ3n) is 8.67. The van der Waals surface area contributed by atoms with Gasteiger partial charge in [-0.15, -0.1) is 0 Å². The van der Waals surface area contributed by atoms with E-state index in [0.717, 1.165) is 5.56 Å². The summed E-state index contributed by atoms with van der Waals surface area (Å²) in [5.74, 6) is 0. The monoisotopic (exact) mass is 968 g/mol. The zero-order valence-corrected chi connectivity index (χ0v) is 37.8. The molecule has 16 heteroatoms.